The molecule has 0 aromatic heterocycles. The molecule has 0 fully saturated rings. The molecule has 0 amide bonds. The van der Waals surface area contributed by atoms with Gasteiger partial charge in [0.25, 0.3) is 0 Å². The van der Waals surface area contributed by atoms with Crippen LogP contribution in [-0.2, 0) is 13.0 Å². The van der Waals surface area contributed by atoms with Crippen LogP contribution in [0.1, 0.15) is 11.1 Å². The predicted molar refractivity (Wildman–Crippen MR) is 116 cm³/mol. The molecule has 0 spiro atoms. The summed E-state index contributed by atoms with van der Waals surface area (Å²) in [6, 6.07) is 18.4. The minimum absolute atomic E-state index is 0. The van der Waals surface area contributed by atoms with Crippen molar-refractivity contribution >= 4 is 29.9 Å². The quantitative estimate of drug-likeness (QED) is 0.278. The smallest absolute Gasteiger partial charge is 0.191 e. The fraction of sp³-hybridized carbons (Fsp3) is 0.250. The summed E-state index contributed by atoms with van der Waals surface area (Å²) in [5.74, 6) is 1.65. The zero-order valence-electron chi connectivity index (χ0n) is 14.6. The van der Waals surface area contributed by atoms with E-state index in [9.17, 15) is 0 Å². The zero-order valence-corrected chi connectivity index (χ0v) is 16.9. The molecule has 0 atom stereocenters. The van der Waals surface area contributed by atoms with Crippen LogP contribution in [0.3, 0.4) is 0 Å². The molecule has 4 nitrogen and oxygen atoms in total. The Kier molecular flexibility index (Phi) is 10.4. The molecule has 0 aliphatic carbocycles. The average Bonchev–Trinajstić information content (AvgIpc) is 2.64. The number of aliphatic imine (C=N–C) groups is 1. The molecule has 0 bridgehead atoms. The highest BCUT2D eigenvalue weighted by Gasteiger charge is 2.04. The Labute approximate surface area is 167 Å². The summed E-state index contributed by atoms with van der Waals surface area (Å²) in [6.07, 6.45) is 2.70. The number of nitrogens with zero attached hydrogens (tertiary/aromatic N) is 1. The second-order valence-electron chi connectivity index (χ2n) is 5.30. The number of rotatable bonds is 8. The molecule has 0 aliphatic rings. The van der Waals surface area contributed by atoms with Crippen LogP contribution in [0.5, 0.6) is 5.75 Å². The van der Waals surface area contributed by atoms with Gasteiger partial charge in [-0.2, -0.15) is 0 Å². The standard InChI is InChI=1S/C20H25N3O.HI/c1-3-15-24-19-12-8-7-11-18(19)16-23-20(21-2)22-14-13-17-9-5-4-6-10-17;/h3-12H,1,13-16H2,2H3,(H2,21,22,23);1H. The predicted octanol–water partition coefficient (Wildman–Crippen LogP) is 3.78. The molecule has 0 saturated carbocycles. The summed E-state index contributed by atoms with van der Waals surface area (Å²) in [5.41, 5.74) is 2.40. The van der Waals surface area contributed by atoms with Crippen LogP contribution in [0.15, 0.2) is 72.2 Å². The van der Waals surface area contributed by atoms with Crippen molar-refractivity contribution in [2.45, 2.75) is 13.0 Å². The van der Waals surface area contributed by atoms with Crippen LogP contribution in [-0.4, -0.2) is 26.2 Å². The van der Waals surface area contributed by atoms with Gasteiger partial charge in [-0.05, 0) is 18.1 Å². The number of halogens is 1. The van der Waals surface area contributed by atoms with Crippen LogP contribution in [0.2, 0.25) is 0 Å². The van der Waals surface area contributed by atoms with Crippen LogP contribution in [0, 0.1) is 0 Å². The van der Waals surface area contributed by atoms with Crippen molar-refractivity contribution in [2.24, 2.45) is 4.99 Å². The second kappa shape index (κ2) is 12.4. The van der Waals surface area contributed by atoms with Gasteiger partial charge in [0, 0.05) is 25.7 Å². The molecular weight excluding hydrogens is 425 g/mol. The highest BCUT2D eigenvalue weighted by atomic mass is 127. The molecular formula is C20H26IN3O. The normalized spacial score (nSPS) is 10.5. The van der Waals surface area contributed by atoms with Gasteiger partial charge in [0.1, 0.15) is 12.4 Å². The fourth-order valence-electron chi connectivity index (χ4n) is 2.31. The summed E-state index contributed by atoms with van der Waals surface area (Å²) in [7, 11) is 1.78. The van der Waals surface area contributed by atoms with Gasteiger partial charge < -0.3 is 15.4 Å². The molecule has 0 aliphatic heterocycles. The molecule has 25 heavy (non-hydrogen) atoms. The lowest BCUT2D eigenvalue weighted by Gasteiger charge is -2.14. The minimum Gasteiger partial charge on any atom is -0.489 e. The van der Waals surface area contributed by atoms with E-state index >= 15 is 0 Å². The van der Waals surface area contributed by atoms with Gasteiger partial charge in [-0.3, -0.25) is 4.99 Å². The summed E-state index contributed by atoms with van der Waals surface area (Å²) in [4.78, 5) is 4.26. The number of hydrogen-bond donors (Lipinski definition) is 2. The number of guanidine groups is 1. The molecule has 2 rings (SSSR count). The Hall–Kier alpha value is -2.02. The molecule has 0 unspecified atom stereocenters. The van der Waals surface area contributed by atoms with E-state index in [0.717, 1.165) is 30.2 Å². The Morgan fingerprint density at radius 3 is 2.52 bits per heavy atom. The lowest BCUT2D eigenvalue weighted by molar-refractivity contribution is 0.358. The molecule has 5 heteroatoms. The van der Waals surface area contributed by atoms with E-state index in [4.69, 9.17) is 4.74 Å². The van der Waals surface area contributed by atoms with E-state index in [2.05, 4.69) is 46.5 Å². The molecule has 0 radical (unpaired) electrons. The van der Waals surface area contributed by atoms with Crippen LogP contribution < -0.4 is 15.4 Å². The minimum atomic E-state index is 0. The largest absolute Gasteiger partial charge is 0.489 e. The van der Waals surface area contributed by atoms with E-state index in [1.807, 2.05) is 30.3 Å². The number of nitrogens with one attached hydrogen (secondary N) is 2. The number of benzene rings is 2. The second-order valence-corrected chi connectivity index (χ2v) is 5.30. The topological polar surface area (TPSA) is 45.6 Å². The number of ether oxygens (including phenoxy) is 1. The summed E-state index contributed by atoms with van der Waals surface area (Å²) >= 11 is 0. The Morgan fingerprint density at radius 2 is 1.80 bits per heavy atom. The lowest BCUT2D eigenvalue weighted by atomic mass is 10.1. The van der Waals surface area contributed by atoms with Crippen molar-refractivity contribution in [3.63, 3.8) is 0 Å². The number of para-hydroxylation sites is 1. The monoisotopic (exact) mass is 451 g/mol. The first-order valence-electron chi connectivity index (χ1n) is 8.13. The third-order valence-corrected chi connectivity index (χ3v) is 3.55. The average molecular weight is 451 g/mol. The summed E-state index contributed by atoms with van der Waals surface area (Å²) in [6.45, 7) is 5.67. The molecule has 0 heterocycles. The van der Waals surface area contributed by atoms with Gasteiger partial charge in [-0.1, -0.05) is 61.2 Å². The summed E-state index contributed by atoms with van der Waals surface area (Å²) < 4.78 is 5.67. The van der Waals surface area contributed by atoms with Gasteiger partial charge in [-0.25, -0.2) is 0 Å². The van der Waals surface area contributed by atoms with E-state index in [1.54, 1.807) is 13.1 Å². The molecule has 2 aromatic rings. The first kappa shape index (κ1) is 21.0. The SMILES string of the molecule is C=CCOc1ccccc1CNC(=NC)NCCc1ccccc1.I. The highest BCUT2D eigenvalue weighted by molar-refractivity contribution is 14.0. The summed E-state index contributed by atoms with van der Waals surface area (Å²) in [5, 5.41) is 6.65. The van der Waals surface area contributed by atoms with Gasteiger partial charge in [-0.15, -0.1) is 24.0 Å². The molecule has 2 aromatic carbocycles. The van der Waals surface area contributed by atoms with Gasteiger partial charge in [0.2, 0.25) is 0 Å². The maximum absolute atomic E-state index is 5.67. The maximum Gasteiger partial charge on any atom is 0.191 e. The van der Waals surface area contributed by atoms with E-state index in [-0.39, 0.29) is 24.0 Å². The Balaban J connectivity index is 0.00000312. The highest BCUT2D eigenvalue weighted by Crippen LogP contribution is 2.17. The first-order chi connectivity index (χ1) is 11.8. The van der Waals surface area contributed by atoms with Crippen molar-refractivity contribution in [3.8, 4) is 5.75 Å². The van der Waals surface area contributed by atoms with Gasteiger partial charge in [0.15, 0.2) is 5.96 Å². The van der Waals surface area contributed by atoms with Crippen LogP contribution in [0.4, 0.5) is 0 Å². The number of hydrogen-bond acceptors (Lipinski definition) is 2. The van der Waals surface area contributed by atoms with E-state index < -0.39 is 0 Å². The van der Waals surface area contributed by atoms with Crippen molar-refractivity contribution in [1.82, 2.24) is 10.6 Å². The van der Waals surface area contributed by atoms with E-state index in [1.165, 1.54) is 5.56 Å². The zero-order chi connectivity index (χ0) is 17.0. The van der Waals surface area contributed by atoms with Crippen LogP contribution in [0.25, 0.3) is 0 Å². The molecule has 2 N–H and O–H groups in total. The lowest BCUT2D eigenvalue weighted by Crippen LogP contribution is -2.37. The van der Waals surface area contributed by atoms with Crippen molar-refractivity contribution in [2.75, 3.05) is 20.2 Å². The van der Waals surface area contributed by atoms with Gasteiger partial charge >= 0.3 is 0 Å². The van der Waals surface area contributed by atoms with Crippen molar-refractivity contribution in [3.05, 3.63) is 78.4 Å². The fourth-order valence-corrected chi connectivity index (χ4v) is 2.31. The van der Waals surface area contributed by atoms with Crippen molar-refractivity contribution < 1.29 is 4.74 Å². The maximum atomic E-state index is 5.67. The molecule has 0 saturated heterocycles. The van der Waals surface area contributed by atoms with Gasteiger partial charge in [0.05, 0.1) is 0 Å². The third-order valence-electron chi connectivity index (χ3n) is 3.55. The van der Waals surface area contributed by atoms with E-state index in [0.29, 0.717) is 13.2 Å². The third kappa shape index (κ3) is 7.60. The van der Waals surface area contributed by atoms with Crippen molar-refractivity contribution in [1.29, 1.82) is 0 Å². The Bertz CT molecular complexity index is 659. The van der Waals surface area contributed by atoms with Crippen LogP contribution >= 0.6 is 24.0 Å². The Morgan fingerprint density at radius 1 is 1.08 bits per heavy atom. The molecule has 134 valence electrons. The first-order valence-corrected chi connectivity index (χ1v) is 8.13.